The van der Waals surface area contributed by atoms with Crippen LogP contribution < -0.4 is 0 Å². The molecule has 0 bridgehead atoms. The summed E-state index contributed by atoms with van der Waals surface area (Å²) in [5, 5.41) is 8.91. The predicted molar refractivity (Wildman–Crippen MR) is 71.8 cm³/mol. The number of carbonyl (C=O) groups is 1. The number of hydrogen-bond donors (Lipinski definition) is 0. The highest BCUT2D eigenvalue weighted by Crippen LogP contribution is 2.25. The van der Waals surface area contributed by atoms with Crippen molar-refractivity contribution in [3.8, 4) is 6.07 Å². The molecule has 0 aromatic carbocycles. The van der Waals surface area contributed by atoms with Gasteiger partial charge >= 0.3 is 0 Å². The van der Waals surface area contributed by atoms with E-state index >= 15 is 0 Å². The molecule has 0 saturated carbocycles. The maximum atomic E-state index is 11.8. The van der Waals surface area contributed by atoms with Crippen molar-refractivity contribution in [1.82, 2.24) is 9.80 Å². The summed E-state index contributed by atoms with van der Waals surface area (Å²) in [6, 6.07) is 2.44. The van der Waals surface area contributed by atoms with Crippen molar-refractivity contribution in [3.05, 3.63) is 12.7 Å². The van der Waals surface area contributed by atoms with E-state index in [9.17, 15) is 4.79 Å². The van der Waals surface area contributed by atoms with E-state index in [0.717, 1.165) is 6.54 Å². The highest BCUT2D eigenvalue weighted by atomic mass is 16.2. The molecule has 18 heavy (non-hydrogen) atoms. The maximum Gasteiger partial charge on any atom is 0.246 e. The van der Waals surface area contributed by atoms with Gasteiger partial charge in [-0.05, 0) is 33.8 Å². The summed E-state index contributed by atoms with van der Waals surface area (Å²) in [6.45, 7) is 13.6. The van der Waals surface area contributed by atoms with Gasteiger partial charge in [0.15, 0.2) is 0 Å². The molecule has 2 atom stereocenters. The Morgan fingerprint density at radius 1 is 1.50 bits per heavy atom. The van der Waals surface area contributed by atoms with Crippen LogP contribution in [0.1, 0.15) is 34.1 Å². The third-order valence-corrected chi connectivity index (χ3v) is 3.49. The quantitative estimate of drug-likeness (QED) is 0.701. The van der Waals surface area contributed by atoms with Crippen LogP contribution >= 0.6 is 0 Å². The molecule has 0 aromatic heterocycles. The Balaban J connectivity index is 2.91. The fourth-order valence-electron chi connectivity index (χ4n) is 2.64. The lowest BCUT2D eigenvalue weighted by molar-refractivity contribution is -0.134. The summed E-state index contributed by atoms with van der Waals surface area (Å²) in [5.74, 6) is -0.0735. The molecule has 1 heterocycles. The molecule has 4 nitrogen and oxygen atoms in total. The van der Waals surface area contributed by atoms with Crippen LogP contribution in [-0.4, -0.2) is 46.4 Å². The number of nitriles is 1. The average Bonchev–Trinajstić information content (AvgIpc) is 2.28. The highest BCUT2D eigenvalue weighted by Gasteiger charge is 2.37. The number of piperazine rings is 1. The summed E-state index contributed by atoms with van der Waals surface area (Å²) < 4.78 is 0. The Hall–Kier alpha value is -1.34. The van der Waals surface area contributed by atoms with Gasteiger partial charge in [-0.15, -0.1) is 0 Å². The van der Waals surface area contributed by atoms with Crippen LogP contribution in [0.5, 0.6) is 0 Å². The van der Waals surface area contributed by atoms with Gasteiger partial charge in [-0.2, -0.15) is 5.26 Å². The van der Waals surface area contributed by atoms with Gasteiger partial charge in [0.1, 0.15) is 0 Å². The van der Waals surface area contributed by atoms with E-state index in [1.807, 2.05) is 0 Å². The van der Waals surface area contributed by atoms with Crippen LogP contribution in [0.25, 0.3) is 0 Å². The summed E-state index contributed by atoms with van der Waals surface area (Å²) in [6.07, 6.45) is 1.71. The van der Waals surface area contributed by atoms with Crippen LogP contribution in [0.15, 0.2) is 12.7 Å². The second-order valence-corrected chi connectivity index (χ2v) is 5.88. The van der Waals surface area contributed by atoms with Crippen molar-refractivity contribution >= 4 is 5.91 Å². The number of nitrogens with zero attached hydrogens (tertiary/aromatic N) is 3. The summed E-state index contributed by atoms with van der Waals surface area (Å²) in [4.78, 5) is 16.0. The Morgan fingerprint density at radius 2 is 2.11 bits per heavy atom. The van der Waals surface area contributed by atoms with Crippen LogP contribution in [-0.2, 0) is 4.79 Å². The lowest BCUT2D eigenvalue weighted by atomic mass is 9.96. The SMILES string of the molecule is C=CC(=O)N1C[C@H](C)N(C(C)(C)C)C[C@@H]1CC#N. The zero-order chi connectivity index (χ0) is 13.9. The van der Waals surface area contributed by atoms with Gasteiger partial charge in [0.05, 0.1) is 18.5 Å². The zero-order valence-electron chi connectivity index (χ0n) is 11.8. The first-order valence-corrected chi connectivity index (χ1v) is 6.38. The minimum absolute atomic E-state index is 0.0316. The van der Waals surface area contributed by atoms with Gasteiger partial charge in [-0.1, -0.05) is 6.58 Å². The van der Waals surface area contributed by atoms with Gasteiger partial charge in [0.2, 0.25) is 5.91 Å². The molecule has 1 saturated heterocycles. The van der Waals surface area contributed by atoms with E-state index < -0.39 is 0 Å². The van der Waals surface area contributed by atoms with E-state index in [0.29, 0.717) is 19.0 Å². The molecular formula is C14H23N3O. The molecule has 0 aliphatic carbocycles. The molecule has 0 spiro atoms. The van der Waals surface area contributed by atoms with Gasteiger partial charge in [0.25, 0.3) is 0 Å². The van der Waals surface area contributed by atoms with Gasteiger partial charge in [-0.3, -0.25) is 9.69 Å². The molecule has 1 aliphatic heterocycles. The van der Waals surface area contributed by atoms with E-state index in [1.54, 1.807) is 4.90 Å². The minimum atomic E-state index is -0.0735. The first kappa shape index (κ1) is 14.7. The topological polar surface area (TPSA) is 47.3 Å². The number of carbonyl (C=O) groups excluding carboxylic acids is 1. The molecule has 1 rings (SSSR count). The Labute approximate surface area is 110 Å². The second kappa shape index (κ2) is 5.53. The number of amides is 1. The summed E-state index contributed by atoms with van der Waals surface area (Å²) >= 11 is 0. The molecule has 1 amide bonds. The number of hydrogen-bond acceptors (Lipinski definition) is 3. The van der Waals surface area contributed by atoms with Gasteiger partial charge < -0.3 is 4.90 Å². The van der Waals surface area contributed by atoms with E-state index in [-0.39, 0.29) is 17.5 Å². The van der Waals surface area contributed by atoms with Crippen LogP contribution in [0, 0.1) is 11.3 Å². The second-order valence-electron chi connectivity index (χ2n) is 5.88. The van der Waals surface area contributed by atoms with Gasteiger partial charge in [0, 0.05) is 24.7 Å². The Kier molecular flexibility index (Phi) is 4.53. The molecule has 0 radical (unpaired) electrons. The standard InChI is InChI=1S/C14H23N3O/c1-6-13(18)16-9-11(2)17(14(3,4)5)10-12(16)7-8-15/h6,11-12H,1,7,9-10H2,2-5H3/t11-,12-/m0/s1. The maximum absolute atomic E-state index is 11.8. The van der Waals surface area contributed by atoms with Gasteiger partial charge in [-0.25, -0.2) is 0 Å². The van der Waals surface area contributed by atoms with Crippen molar-refractivity contribution in [2.75, 3.05) is 13.1 Å². The lowest BCUT2D eigenvalue weighted by Crippen LogP contribution is -2.63. The number of rotatable bonds is 2. The fourth-order valence-corrected chi connectivity index (χ4v) is 2.64. The van der Waals surface area contributed by atoms with Crippen LogP contribution in [0.3, 0.4) is 0 Å². The third kappa shape index (κ3) is 3.11. The minimum Gasteiger partial charge on any atom is -0.332 e. The normalized spacial score (nSPS) is 25.6. The summed E-state index contributed by atoms with van der Waals surface area (Å²) in [7, 11) is 0. The third-order valence-electron chi connectivity index (χ3n) is 3.49. The van der Waals surface area contributed by atoms with E-state index in [2.05, 4.69) is 45.2 Å². The highest BCUT2D eigenvalue weighted by molar-refractivity contribution is 5.87. The molecule has 1 fully saturated rings. The fraction of sp³-hybridized carbons (Fsp3) is 0.714. The van der Waals surface area contributed by atoms with Crippen molar-refractivity contribution in [3.63, 3.8) is 0 Å². The monoisotopic (exact) mass is 249 g/mol. The molecule has 0 aromatic rings. The van der Waals surface area contributed by atoms with Crippen molar-refractivity contribution in [1.29, 1.82) is 5.26 Å². The van der Waals surface area contributed by atoms with Crippen LogP contribution in [0.2, 0.25) is 0 Å². The predicted octanol–water partition coefficient (Wildman–Crippen LogP) is 1.79. The van der Waals surface area contributed by atoms with Crippen molar-refractivity contribution in [2.45, 2.75) is 51.7 Å². The van der Waals surface area contributed by atoms with E-state index in [1.165, 1.54) is 6.08 Å². The Bertz CT molecular complexity index is 364. The first-order chi connectivity index (χ1) is 8.31. The zero-order valence-corrected chi connectivity index (χ0v) is 11.8. The largest absolute Gasteiger partial charge is 0.332 e. The molecule has 0 unspecified atom stereocenters. The molecular weight excluding hydrogens is 226 g/mol. The lowest BCUT2D eigenvalue weighted by Gasteiger charge is -2.50. The molecule has 0 N–H and O–H groups in total. The Morgan fingerprint density at radius 3 is 2.56 bits per heavy atom. The molecule has 1 aliphatic rings. The average molecular weight is 249 g/mol. The van der Waals surface area contributed by atoms with Crippen molar-refractivity contribution in [2.24, 2.45) is 0 Å². The molecule has 4 heteroatoms. The van der Waals surface area contributed by atoms with Crippen LogP contribution in [0.4, 0.5) is 0 Å². The first-order valence-electron chi connectivity index (χ1n) is 6.38. The molecule has 100 valence electrons. The van der Waals surface area contributed by atoms with Crippen molar-refractivity contribution < 1.29 is 4.79 Å². The smallest absolute Gasteiger partial charge is 0.246 e. The van der Waals surface area contributed by atoms with E-state index in [4.69, 9.17) is 5.26 Å². The summed E-state index contributed by atoms with van der Waals surface area (Å²) in [5.41, 5.74) is 0.0520.